The van der Waals surface area contributed by atoms with Crippen molar-refractivity contribution in [2.24, 2.45) is 0 Å². The van der Waals surface area contributed by atoms with Crippen molar-refractivity contribution in [2.45, 2.75) is 18.8 Å². The van der Waals surface area contributed by atoms with E-state index in [1.807, 2.05) is 42.5 Å². The molecule has 0 heterocycles. The first kappa shape index (κ1) is 11.3. The van der Waals surface area contributed by atoms with Gasteiger partial charge in [0.05, 0.1) is 6.07 Å². The first-order valence-electron chi connectivity index (χ1n) is 5.56. The van der Waals surface area contributed by atoms with Crippen LogP contribution in [0.2, 0.25) is 0 Å². The van der Waals surface area contributed by atoms with Crippen molar-refractivity contribution in [1.82, 2.24) is 0 Å². The summed E-state index contributed by atoms with van der Waals surface area (Å²) in [4.78, 5) is 11.6. The van der Waals surface area contributed by atoms with Gasteiger partial charge in [-0.2, -0.15) is 5.26 Å². The van der Waals surface area contributed by atoms with Crippen LogP contribution in [0.3, 0.4) is 0 Å². The number of ketones is 1. The third kappa shape index (κ3) is 1.92. The first-order valence-corrected chi connectivity index (χ1v) is 5.56. The number of Topliss-reactive ketones (excluding diaryl/α,β-unsaturated/α-hetero) is 1. The molecule has 0 N–H and O–H groups in total. The Hall–Kier alpha value is -2.14. The predicted octanol–water partition coefficient (Wildman–Crippen LogP) is 3.17. The molecule has 2 heteroatoms. The Morgan fingerprint density at radius 3 is 2.71 bits per heavy atom. The Morgan fingerprint density at radius 1 is 1.35 bits per heavy atom. The van der Waals surface area contributed by atoms with Crippen molar-refractivity contribution in [3.63, 3.8) is 0 Å². The maximum Gasteiger partial charge on any atom is 0.160 e. The summed E-state index contributed by atoms with van der Waals surface area (Å²) in [6.45, 7) is 1.53. The summed E-state index contributed by atoms with van der Waals surface area (Å²) < 4.78 is 0. The molecule has 0 fully saturated rings. The van der Waals surface area contributed by atoms with Gasteiger partial charge in [0.2, 0.25) is 0 Å². The van der Waals surface area contributed by atoms with Crippen molar-refractivity contribution < 1.29 is 4.79 Å². The van der Waals surface area contributed by atoms with E-state index in [9.17, 15) is 10.1 Å². The largest absolute Gasteiger partial charge is 0.294 e. The SMILES string of the molecule is CC(=O)c1ccccc1C1(C#N)C=CC=CC1. The number of nitrogens with zero attached hydrogens (tertiary/aromatic N) is 1. The molecule has 0 saturated carbocycles. The third-order valence-electron chi connectivity index (χ3n) is 3.05. The molecule has 2 nitrogen and oxygen atoms in total. The number of rotatable bonds is 2. The minimum Gasteiger partial charge on any atom is -0.294 e. The summed E-state index contributed by atoms with van der Waals surface area (Å²) in [5.41, 5.74) is 0.737. The van der Waals surface area contributed by atoms with Crippen LogP contribution >= 0.6 is 0 Å². The molecular formula is C15H13NO. The standard InChI is InChI=1S/C15H13NO/c1-12(17)13-7-3-4-8-14(13)15(11-16)9-5-2-6-10-15/h2-9H,10H2,1H3. The minimum absolute atomic E-state index is 0.00169. The van der Waals surface area contributed by atoms with Gasteiger partial charge in [-0.05, 0) is 18.9 Å². The zero-order valence-electron chi connectivity index (χ0n) is 9.68. The molecule has 0 aromatic heterocycles. The molecule has 0 radical (unpaired) electrons. The highest BCUT2D eigenvalue weighted by atomic mass is 16.1. The van der Waals surface area contributed by atoms with E-state index in [4.69, 9.17) is 0 Å². The first-order chi connectivity index (χ1) is 8.19. The second-order valence-corrected chi connectivity index (χ2v) is 4.18. The smallest absolute Gasteiger partial charge is 0.160 e. The van der Waals surface area contributed by atoms with Gasteiger partial charge in [-0.1, -0.05) is 48.6 Å². The predicted molar refractivity (Wildman–Crippen MR) is 66.6 cm³/mol. The summed E-state index contributed by atoms with van der Waals surface area (Å²) in [7, 11) is 0. The van der Waals surface area contributed by atoms with E-state index >= 15 is 0 Å². The van der Waals surface area contributed by atoms with Gasteiger partial charge in [-0.3, -0.25) is 4.79 Å². The topological polar surface area (TPSA) is 40.9 Å². The number of hydrogen-bond donors (Lipinski definition) is 0. The summed E-state index contributed by atoms with van der Waals surface area (Å²) in [5.74, 6) is -0.00169. The van der Waals surface area contributed by atoms with Crippen LogP contribution < -0.4 is 0 Å². The van der Waals surface area contributed by atoms with Gasteiger partial charge >= 0.3 is 0 Å². The Bertz CT molecular complexity index is 548. The van der Waals surface area contributed by atoms with Crippen LogP contribution in [0.4, 0.5) is 0 Å². The number of allylic oxidation sites excluding steroid dienone is 4. The highest BCUT2D eigenvalue weighted by molar-refractivity contribution is 5.96. The molecule has 1 atom stereocenters. The Kier molecular flexibility index (Phi) is 2.93. The van der Waals surface area contributed by atoms with Crippen molar-refractivity contribution in [3.8, 4) is 6.07 Å². The quantitative estimate of drug-likeness (QED) is 0.722. The molecule has 17 heavy (non-hydrogen) atoms. The van der Waals surface area contributed by atoms with Crippen molar-refractivity contribution in [2.75, 3.05) is 0 Å². The highest BCUT2D eigenvalue weighted by Gasteiger charge is 2.32. The molecule has 1 aromatic carbocycles. The van der Waals surface area contributed by atoms with E-state index in [0.29, 0.717) is 12.0 Å². The van der Waals surface area contributed by atoms with Crippen molar-refractivity contribution >= 4 is 5.78 Å². The zero-order chi connectivity index (χ0) is 12.3. The summed E-state index contributed by atoms with van der Waals surface area (Å²) in [5, 5.41) is 9.45. The van der Waals surface area contributed by atoms with Crippen LogP contribution in [0.5, 0.6) is 0 Å². The zero-order valence-corrected chi connectivity index (χ0v) is 9.68. The maximum absolute atomic E-state index is 11.6. The van der Waals surface area contributed by atoms with E-state index < -0.39 is 5.41 Å². The van der Waals surface area contributed by atoms with Gasteiger partial charge in [0.25, 0.3) is 0 Å². The number of nitriles is 1. The van der Waals surface area contributed by atoms with Gasteiger partial charge in [0, 0.05) is 5.56 Å². The maximum atomic E-state index is 11.6. The molecule has 2 rings (SSSR count). The number of carbonyl (C=O) groups excluding carboxylic acids is 1. The molecule has 0 amide bonds. The second-order valence-electron chi connectivity index (χ2n) is 4.18. The summed E-state index contributed by atoms with van der Waals surface area (Å²) >= 11 is 0. The number of hydrogen-bond acceptors (Lipinski definition) is 2. The van der Waals surface area contributed by atoms with Crippen LogP contribution in [0.25, 0.3) is 0 Å². The van der Waals surface area contributed by atoms with E-state index in [1.165, 1.54) is 6.92 Å². The van der Waals surface area contributed by atoms with Crippen LogP contribution in [0.1, 0.15) is 29.3 Å². The molecule has 1 aliphatic carbocycles. The molecule has 0 spiro atoms. The average molecular weight is 223 g/mol. The molecule has 84 valence electrons. The Morgan fingerprint density at radius 2 is 2.12 bits per heavy atom. The van der Waals surface area contributed by atoms with Crippen LogP contribution in [-0.2, 0) is 5.41 Å². The van der Waals surface area contributed by atoms with Gasteiger partial charge < -0.3 is 0 Å². The fraction of sp³-hybridized carbons (Fsp3) is 0.200. The normalized spacial score (nSPS) is 22.1. The number of carbonyl (C=O) groups is 1. The van der Waals surface area contributed by atoms with Gasteiger partial charge in [0.1, 0.15) is 5.41 Å². The molecule has 1 aromatic rings. The average Bonchev–Trinajstić information content (AvgIpc) is 2.39. The molecule has 0 bridgehead atoms. The molecule has 1 aliphatic rings. The molecule has 0 aliphatic heterocycles. The Balaban J connectivity index is 2.60. The summed E-state index contributed by atoms with van der Waals surface area (Å²) in [6.07, 6.45) is 8.23. The monoisotopic (exact) mass is 223 g/mol. The van der Waals surface area contributed by atoms with Crippen molar-refractivity contribution in [1.29, 1.82) is 5.26 Å². The lowest BCUT2D eigenvalue weighted by atomic mass is 9.74. The van der Waals surface area contributed by atoms with E-state index in [-0.39, 0.29) is 5.78 Å². The van der Waals surface area contributed by atoms with Crippen molar-refractivity contribution in [3.05, 3.63) is 59.7 Å². The van der Waals surface area contributed by atoms with E-state index in [0.717, 1.165) is 5.56 Å². The molecular weight excluding hydrogens is 210 g/mol. The second kappa shape index (κ2) is 4.39. The molecule has 1 unspecified atom stereocenters. The van der Waals surface area contributed by atoms with Gasteiger partial charge in [-0.25, -0.2) is 0 Å². The van der Waals surface area contributed by atoms with E-state index in [1.54, 1.807) is 6.07 Å². The van der Waals surface area contributed by atoms with E-state index in [2.05, 4.69) is 6.07 Å². The lowest BCUT2D eigenvalue weighted by molar-refractivity contribution is 0.101. The number of benzene rings is 1. The minimum atomic E-state index is -0.697. The molecule has 0 saturated heterocycles. The van der Waals surface area contributed by atoms with Crippen LogP contribution in [-0.4, -0.2) is 5.78 Å². The highest BCUT2D eigenvalue weighted by Crippen LogP contribution is 2.34. The summed E-state index contributed by atoms with van der Waals surface area (Å²) in [6, 6.07) is 9.68. The lowest BCUT2D eigenvalue weighted by Crippen LogP contribution is -2.24. The lowest BCUT2D eigenvalue weighted by Gasteiger charge is -2.25. The fourth-order valence-corrected chi connectivity index (χ4v) is 2.14. The van der Waals surface area contributed by atoms with Gasteiger partial charge in [0.15, 0.2) is 5.78 Å². The Labute approximate surface area is 101 Å². The van der Waals surface area contributed by atoms with Gasteiger partial charge in [-0.15, -0.1) is 0 Å². The van der Waals surface area contributed by atoms with Crippen LogP contribution in [0, 0.1) is 11.3 Å². The third-order valence-corrected chi connectivity index (χ3v) is 3.05. The van der Waals surface area contributed by atoms with Crippen LogP contribution in [0.15, 0.2) is 48.6 Å². The fourth-order valence-electron chi connectivity index (χ4n) is 2.14.